The lowest BCUT2D eigenvalue weighted by Crippen LogP contribution is -2.36. The van der Waals surface area contributed by atoms with Gasteiger partial charge in [0.2, 0.25) is 0 Å². The molecule has 0 amide bonds. The summed E-state index contributed by atoms with van der Waals surface area (Å²) in [6.45, 7) is -1.38. The molecule has 4 N–H and O–H groups in total. The molecule has 0 saturated heterocycles. The molecule has 1 aromatic rings. The second-order valence-electron chi connectivity index (χ2n) is 3.29. The number of alkyl halides is 2. The number of ether oxygens (including phenoxy) is 1. The molecule has 0 spiro atoms. The van der Waals surface area contributed by atoms with Crippen LogP contribution in [0.1, 0.15) is 11.6 Å². The summed E-state index contributed by atoms with van der Waals surface area (Å²) < 4.78 is 31.0. The summed E-state index contributed by atoms with van der Waals surface area (Å²) in [5, 5.41) is 18.1. The second-order valence-corrected chi connectivity index (χ2v) is 3.29. The molecule has 0 aliphatic carbocycles. The molecule has 17 heavy (non-hydrogen) atoms. The van der Waals surface area contributed by atoms with E-state index in [1.807, 2.05) is 0 Å². The second kappa shape index (κ2) is 6.00. The molecule has 1 rings (SSSR count). The Morgan fingerprint density at radius 3 is 2.53 bits per heavy atom. The van der Waals surface area contributed by atoms with E-state index >= 15 is 0 Å². The molecule has 1 aromatic carbocycles. The molecule has 0 radical (unpaired) electrons. The van der Waals surface area contributed by atoms with Crippen molar-refractivity contribution in [3.8, 4) is 11.5 Å². The number of nitrogens with two attached hydrogens (primary N) is 1. The SMILES string of the molecule is COc1cccc([C@H](N)C(F)(F)CO)c1O.Cl. The van der Waals surface area contributed by atoms with E-state index in [2.05, 4.69) is 0 Å². The minimum absolute atomic E-state index is 0. The van der Waals surface area contributed by atoms with Gasteiger partial charge in [0.25, 0.3) is 5.92 Å². The van der Waals surface area contributed by atoms with E-state index in [1.54, 1.807) is 0 Å². The number of aromatic hydroxyl groups is 1. The van der Waals surface area contributed by atoms with Crippen LogP contribution in [0.4, 0.5) is 8.78 Å². The van der Waals surface area contributed by atoms with E-state index in [4.69, 9.17) is 15.6 Å². The van der Waals surface area contributed by atoms with Crippen LogP contribution in [-0.2, 0) is 0 Å². The van der Waals surface area contributed by atoms with Crippen molar-refractivity contribution in [3.05, 3.63) is 23.8 Å². The quantitative estimate of drug-likeness (QED) is 0.773. The van der Waals surface area contributed by atoms with E-state index in [-0.39, 0.29) is 23.7 Å². The van der Waals surface area contributed by atoms with Crippen molar-refractivity contribution in [2.45, 2.75) is 12.0 Å². The molecule has 0 aliphatic rings. The summed E-state index contributed by atoms with van der Waals surface area (Å²) >= 11 is 0. The van der Waals surface area contributed by atoms with Gasteiger partial charge in [0.15, 0.2) is 11.5 Å². The van der Waals surface area contributed by atoms with Crippen molar-refractivity contribution in [1.29, 1.82) is 0 Å². The van der Waals surface area contributed by atoms with Gasteiger partial charge in [-0.15, -0.1) is 12.4 Å². The van der Waals surface area contributed by atoms with Crippen molar-refractivity contribution < 1.29 is 23.7 Å². The highest BCUT2D eigenvalue weighted by molar-refractivity contribution is 5.85. The molecular formula is C10H14ClF2NO3. The lowest BCUT2D eigenvalue weighted by molar-refractivity contribution is -0.0716. The van der Waals surface area contributed by atoms with Crippen molar-refractivity contribution >= 4 is 12.4 Å². The van der Waals surface area contributed by atoms with Gasteiger partial charge in [0.05, 0.1) is 7.11 Å². The Kier molecular flexibility index (Phi) is 5.60. The molecule has 0 fully saturated rings. The summed E-state index contributed by atoms with van der Waals surface area (Å²) in [6, 6.07) is 2.32. The third-order valence-electron chi connectivity index (χ3n) is 2.25. The molecule has 4 nitrogen and oxygen atoms in total. The Hall–Kier alpha value is -1.11. The highest BCUT2D eigenvalue weighted by Crippen LogP contribution is 2.38. The Morgan fingerprint density at radius 2 is 2.06 bits per heavy atom. The van der Waals surface area contributed by atoms with E-state index in [0.717, 1.165) is 0 Å². The maximum Gasteiger partial charge on any atom is 0.289 e. The van der Waals surface area contributed by atoms with Crippen molar-refractivity contribution in [2.75, 3.05) is 13.7 Å². The first kappa shape index (κ1) is 15.9. The lowest BCUT2D eigenvalue weighted by Gasteiger charge is -2.22. The number of phenolic OH excluding ortho intramolecular Hbond substituents is 1. The summed E-state index contributed by atoms with van der Waals surface area (Å²) in [5.74, 6) is -3.88. The monoisotopic (exact) mass is 269 g/mol. The zero-order valence-electron chi connectivity index (χ0n) is 9.06. The van der Waals surface area contributed by atoms with Gasteiger partial charge in [-0.3, -0.25) is 0 Å². The maximum atomic E-state index is 13.1. The summed E-state index contributed by atoms with van der Waals surface area (Å²) in [6.07, 6.45) is 0. The lowest BCUT2D eigenvalue weighted by atomic mass is 10.0. The van der Waals surface area contributed by atoms with Gasteiger partial charge >= 0.3 is 0 Å². The van der Waals surface area contributed by atoms with E-state index in [9.17, 15) is 13.9 Å². The van der Waals surface area contributed by atoms with Gasteiger partial charge in [0.1, 0.15) is 12.6 Å². The van der Waals surface area contributed by atoms with Crippen LogP contribution in [0.25, 0.3) is 0 Å². The average molecular weight is 270 g/mol. The van der Waals surface area contributed by atoms with Crippen LogP contribution in [0, 0.1) is 0 Å². The molecule has 98 valence electrons. The number of rotatable bonds is 4. The van der Waals surface area contributed by atoms with Gasteiger partial charge in [-0.1, -0.05) is 12.1 Å². The minimum atomic E-state index is -3.50. The van der Waals surface area contributed by atoms with Gasteiger partial charge in [-0.2, -0.15) is 0 Å². The van der Waals surface area contributed by atoms with Crippen LogP contribution in [0.2, 0.25) is 0 Å². The van der Waals surface area contributed by atoms with Crippen LogP contribution < -0.4 is 10.5 Å². The molecule has 0 unspecified atom stereocenters. The fraction of sp³-hybridized carbons (Fsp3) is 0.400. The topological polar surface area (TPSA) is 75.7 Å². The number of phenols is 1. The van der Waals surface area contributed by atoms with Crippen molar-refractivity contribution in [3.63, 3.8) is 0 Å². The molecule has 0 saturated carbocycles. The molecule has 7 heteroatoms. The zero-order chi connectivity index (χ0) is 12.3. The largest absolute Gasteiger partial charge is 0.504 e. The van der Waals surface area contributed by atoms with Crippen LogP contribution in [0.3, 0.4) is 0 Å². The first-order valence-electron chi connectivity index (χ1n) is 4.54. The van der Waals surface area contributed by atoms with Crippen LogP contribution in [0.5, 0.6) is 11.5 Å². The fourth-order valence-corrected chi connectivity index (χ4v) is 1.28. The molecule has 1 atom stereocenters. The van der Waals surface area contributed by atoms with Crippen molar-refractivity contribution in [2.24, 2.45) is 5.73 Å². The smallest absolute Gasteiger partial charge is 0.289 e. The predicted octanol–water partition coefficient (Wildman–Crippen LogP) is 1.45. The maximum absolute atomic E-state index is 13.1. The number of hydrogen-bond donors (Lipinski definition) is 3. The van der Waals surface area contributed by atoms with E-state index in [0.29, 0.717) is 0 Å². The number of methoxy groups -OCH3 is 1. The third-order valence-corrected chi connectivity index (χ3v) is 2.25. The number of benzene rings is 1. The van der Waals surface area contributed by atoms with Gasteiger partial charge in [-0.25, -0.2) is 8.78 Å². The fourth-order valence-electron chi connectivity index (χ4n) is 1.28. The number of hydrogen-bond acceptors (Lipinski definition) is 4. The first-order chi connectivity index (χ1) is 7.44. The first-order valence-corrected chi connectivity index (χ1v) is 4.54. The van der Waals surface area contributed by atoms with Crippen LogP contribution in [0.15, 0.2) is 18.2 Å². The third kappa shape index (κ3) is 3.18. The summed E-state index contributed by atoms with van der Waals surface area (Å²) in [7, 11) is 1.30. The van der Waals surface area contributed by atoms with E-state index in [1.165, 1.54) is 25.3 Å². The highest BCUT2D eigenvalue weighted by Gasteiger charge is 2.39. The standard InChI is InChI=1S/C10H13F2NO3.ClH/c1-16-7-4-2-3-6(8(7)15)9(13)10(11,12)5-14;/h2-4,9,14-15H,5,13H2,1H3;1H/t9-;/m0./s1. The molecule has 0 bridgehead atoms. The summed E-state index contributed by atoms with van der Waals surface area (Å²) in [4.78, 5) is 0. The number of halogens is 3. The molecule has 0 aromatic heterocycles. The van der Waals surface area contributed by atoms with Gasteiger partial charge in [0, 0.05) is 5.56 Å². The Labute approximate surface area is 103 Å². The number of para-hydroxylation sites is 1. The van der Waals surface area contributed by atoms with Crippen molar-refractivity contribution in [1.82, 2.24) is 0 Å². The van der Waals surface area contributed by atoms with Crippen LogP contribution >= 0.6 is 12.4 Å². The predicted molar refractivity (Wildman–Crippen MR) is 60.9 cm³/mol. The van der Waals surface area contributed by atoms with Gasteiger partial charge in [-0.05, 0) is 6.07 Å². The minimum Gasteiger partial charge on any atom is -0.504 e. The Morgan fingerprint density at radius 1 is 1.47 bits per heavy atom. The molecular weight excluding hydrogens is 256 g/mol. The number of aliphatic hydroxyl groups excluding tert-OH is 1. The van der Waals surface area contributed by atoms with Gasteiger partial charge < -0.3 is 20.7 Å². The number of aliphatic hydroxyl groups is 1. The van der Waals surface area contributed by atoms with E-state index < -0.39 is 24.3 Å². The average Bonchev–Trinajstić information content (AvgIpc) is 2.28. The Bertz CT molecular complexity index is 377. The zero-order valence-corrected chi connectivity index (χ0v) is 9.88. The molecule has 0 heterocycles. The normalized spacial score (nSPS) is 12.8. The molecule has 0 aliphatic heterocycles. The highest BCUT2D eigenvalue weighted by atomic mass is 35.5. The van der Waals surface area contributed by atoms with Crippen LogP contribution in [-0.4, -0.2) is 29.9 Å². The summed E-state index contributed by atoms with van der Waals surface area (Å²) in [5.41, 5.74) is 5.11. The Balaban J connectivity index is 0.00000256.